The molecule has 0 spiro atoms. The topological polar surface area (TPSA) is 92.2 Å². The van der Waals surface area contributed by atoms with Gasteiger partial charge in [-0.25, -0.2) is 13.1 Å². The number of sulfonamides is 1. The molecule has 1 unspecified atom stereocenters. The number of hydrogen-bond acceptors (Lipinski definition) is 4. The Morgan fingerprint density at radius 2 is 2.19 bits per heavy atom. The number of aryl methyl sites for hydroxylation is 1. The van der Waals surface area contributed by atoms with Crippen LogP contribution in [0.2, 0.25) is 0 Å². The Morgan fingerprint density at radius 1 is 1.43 bits per heavy atom. The van der Waals surface area contributed by atoms with E-state index in [1.54, 1.807) is 7.05 Å². The smallest absolute Gasteiger partial charge is 0.267 e. The summed E-state index contributed by atoms with van der Waals surface area (Å²) in [5.41, 5.74) is 0.317. The fourth-order valence-electron chi connectivity index (χ4n) is 2.44. The molecule has 1 fully saturated rings. The molecule has 0 bridgehead atoms. The van der Waals surface area contributed by atoms with Crippen molar-refractivity contribution in [2.75, 3.05) is 20.1 Å². The molecule has 2 rings (SSSR count). The average molecular weight is 314 g/mol. The third-order valence-electron chi connectivity index (χ3n) is 3.62. The summed E-state index contributed by atoms with van der Waals surface area (Å²) in [5, 5.41) is 5.71. The van der Waals surface area contributed by atoms with Gasteiger partial charge in [-0.3, -0.25) is 4.79 Å². The zero-order valence-electron chi connectivity index (χ0n) is 12.3. The molecule has 7 nitrogen and oxygen atoms in total. The van der Waals surface area contributed by atoms with E-state index in [1.165, 1.54) is 23.9 Å². The van der Waals surface area contributed by atoms with Crippen molar-refractivity contribution in [1.82, 2.24) is 19.9 Å². The summed E-state index contributed by atoms with van der Waals surface area (Å²) < 4.78 is 29.0. The van der Waals surface area contributed by atoms with E-state index in [-0.39, 0.29) is 16.8 Å². The van der Waals surface area contributed by atoms with Gasteiger partial charge in [0.1, 0.15) is 10.6 Å². The number of amides is 1. The standard InChI is InChI=1S/C13H22N4O3S/c1-14-13(18)12-7-11(9-17(12)2)21(19,20)16-10-5-3-4-6-15-8-10/h7,9-10,15-16H,3-6,8H2,1-2H3,(H,14,18). The Labute approximate surface area is 125 Å². The summed E-state index contributed by atoms with van der Waals surface area (Å²) in [5.74, 6) is -0.310. The number of hydrogen-bond donors (Lipinski definition) is 3. The van der Waals surface area contributed by atoms with Gasteiger partial charge in [0, 0.05) is 32.9 Å². The van der Waals surface area contributed by atoms with Crippen molar-refractivity contribution in [1.29, 1.82) is 0 Å². The van der Waals surface area contributed by atoms with Gasteiger partial charge in [-0.05, 0) is 25.5 Å². The van der Waals surface area contributed by atoms with Crippen LogP contribution in [0.3, 0.4) is 0 Å². The molecule has 1 atom stereocenters. The van der Waals surface area contributed by atoms with Crippen molar-refractivity contribution in [3.63, 3.8) is 0 Å². The Bertz CT molecular complexity index is 601. The third-order valence-corrected chi connectivity index (χ3v) is 5.11. The lowest BCUT2D eigenvalue weighted by molar-refractivity contribution is 0.0955. The van der Waals surface area contributed by atoms with Gasteiger partial charge in [0.25, 0.3) is 5.91 Å². The molecule has 1 aromatic heterocycles. The van der Waals surface area contributed by atoms with E-state index < -0.39 is 10.0 Å². The van der Waals surface area contributed by atoms with Gasteiger partial charge >= 0.3 is 0 Å². The van der Waals surface area contributed by atoms with Crippen molar-refractivity contribution in [2.24, 2.45) is 7.05 Å². The van der Waals surface area contributed by atoms with E-state index in [0.717, 1.165) is 25.8 Å². The molecule has 1 aromatic rings. The minimum atomic E-state index is -3.61. The van der Waals surface area contributed by atoms with Crippen molar-refractivity contribution in [2.45, 2.75) is 30.2 Å². The van der Waals surface area contributed by atoms with Crippen LogP contribution in [-0.4, -0.2) is 45.1 Å². The first-order valence-electron chi connectivity index (χ1n) is 7.05. The highest BCUT2D eigenvalue weighted by atomic mass is 32.2. The molecule has 8 heteroatoms. The summed E-state index contributed by atoms with van der Waals surface area (Å²) in [7, 11) is -0.448. The second-order valence-electron chi connectivity index (χ2n) is 5.27. The largest absolute Gasteiger partial charge is 0.354 e. The minimum absolute atomic E-state index is 0.110. The molecule has 1 aliphatic heterocycles. The number of aromatic nitrogens is 1. The quantitative estimate of drug-likeness (QED) is 0.718. The number of carbonyl (C=O) groups is 1. The number of nitrogens with zero attached hydrogens (tertiary/aromatic N) is 1. The molecule has 1 saturated heterocycles. The van der Waals surface area contributed by atoms with Crippen LogP contribution in [0.5, 0.6) is 0 Å². The van der Waals surface area contributed by atoms with Gasteiger partial charge in [0.2, 0.25) is 10.0 Å². The highest BCUT2D eigenvalue weighted by Crippen LogP contribution is 2.15. The average Bonchev–Trinajstić information content (AvgIpc) is 2.67. The normalized spacial score (nSPS) is 20.0. The van der Waals surface area contributed by atoms with Crippen LogP contribution < -0.4 is 15.4 Å². The van der Waals surface area contributed by atoms with Crippen LogP contribution in [0.1, 0.15) is 29.8 Å². The highest BCUT2D eigenvalue weighted by molar-refractivity contribution is 7.89. The molecule has 1 aliphatic rings. The molecule has 0 aliphatic carbocycles. The zero-order chi connectivity index (χ0) is 15.5. The van der Waals surface area contributed by atoms with E-state index in [1.807, 2.05) is 0 Å². The predicted octanol–water partition coefficient (Wildman–Crippen LogP) is -0.195. The maximum Gasteiger partial charge on any atom is 0.267 e. The monoisotopic (exact) mass is 314 g/mol. The van der Waals surface area contributed by atoms with Crippen LogP contribution in [0.25, 0.3) is 0 Å². The van der Waals surface area contributed by atoms with Gasteiger partial charge < -0.3 is 15.2 Å². The summed E-state index contributed by atoms with van der Waals surface area (Å²) in [4.78, 5) is 11.8. The van der Waals surface area contributed by atoms with Crippen LogP contribution in [0.15, 0.2) is 17.2 Å². The maximum absolute atomic E-state index is 12.4. The first-order chi connectivity index (χ1) is 9.94. The first-order valence-corrected chi connectivity index (χ1v) is 8.54. The van der Waals surface area contributed by atoms with Crippen LogP contribution in [0.4, 0.5) is 0 Å². The third kappa shape index (κ3) is 3.84. The summed E-state index contributed by atoms with van der Waals surface area (Å²) in [6.45, 7) is 1.55. The van der Waals surface area contributed by atoms with E-state index in [9.17, 15) is 13.2 Å². The molecule has 0 saturated carbocycles. The summed E-state index contributed by atoms with van der Waals surface area (Å²) in [6, 6.07) is 1.28. The number of nitrogens with one attached hydrogen (secondary N) is 3. The van der Waals surface area contributed by atoms with Crippen LogP contribution >= 0.6 is 0 Å². The van der Waals surface area contributed by atoms with Crippen molar-refractivity contribution >= 4 is 15.9 Å². The molecular weight excluding hydrogens is 292 g/mol. The lowest BCUT2D eigenvalue weighted by Gasteiger charge is -2.15. The van der Waals surface area contributed by atoms with Gasteiger partial charge in [-0.2, -0.15) is 0 Å². The molecule has 1 amide bonds. The van der Waals surface area contributed by atoms with E-state index in [4.69, 9.17) is 0 Å². The predicted molar refractivity (Wildman–Crippen MR) is 79.6 cm³/mol. The number of carbonyl (C=O) groups excluding carboxylic acids is 1. The molecule has 2 heterocycles. The van der Waals surface area contributed by atoms with Crippen molar-refractivity contribution in [3.05, 3.63) is 18.0 Å². The fourth-order valence-corrected chi connectivity index (χ4v) is 3.78. The van der Waals surface area contributed by atoms with Gasteiger partial charge in [0.15, 0.2) is 0 Å². The summed E-state index contributed by atoms with van der Waals surface area (Å²) >= 11 is 0. The molecule has 0 radical (unpaired) electrons. The Morgan fingerprint density at radius 3 is 2.90 bits per heavy atom. The molecule has 0 aromatic carbocycles. The zero-order valence-corrected chi connectivity index (χ0v) is 13.2. The van der Waals surface area contributed by atoms with E-state index in [0.29, 0.717) is 12.2 Å². The Balaban J connectivity index is 2.17. The molecule has 3 N–H and O–H groups in total. The second kappa shape index (κ2) is 6.59. The van der Waals surface area contributed by atoms with E-state index in [2.05, 4.69) is 15.4 Å². The summed E-state index contributed by atoms with van der Waals surface area (Å²) in [6.07, 6.45) is 4.33. The fraction of sp³-hybridized carbons (Fsp3) is 0.615. The lowest BCUT2D eigenvalue weighted by Crippen LogP contribution is -2.40. The minimum Gasteiger partial charge on any atom is -0.354 e. The lowest BCUT2D eigenvalue weighted by atomic mass is 10.2. The van der Waals surface area contributed by atoms with E-state index >= 15 is 0 Å². The first kappa shape index (κ1) is 16.0. The van der Waals surface area contributed by atoms with Gasteiger partial charge in [0.05, 0.1) is 0 Å². The molecule has 118 valence electrons. The van der Waals surface area contributed by atoms with Crippen molar-refractivity contribution in [3.8, 4) is 0 Å². The van der Waals surface area contributed by atoms with Crippen molar-refractivity contribution < 1.29 is 13.2 Å². The Hall–Kier alpha value is -1.38. The maximum atomic E-state index is 12.4. The van der Waals surface area contributed by atoms with Gasteiger partial charge in [-0.15, -0.1) is 0 Å². The second-order valence-corrected chi connectivity index (χ2v) is 6.98. The molecular formula is C13H22N4O3S. The van der Waals surface area contributed by atoms with Crippen LogP contribution in [0, 0.1) is 0 Å². The highest BCUT2D eigenvalue weighted by Gasteiger charge is 2.24. The Kier molecular flexibility index (Phi) is 5.02. The van der Waals surface area contributed by atoms with Crippen LogP contribution in [-0.2, 0) is 17.1 Å². The van der Waals surface area contributed by atoms with Gasteiger partial charge in [-0.1, -0.05) is 6.42 Å². The molecule has 21 heavy (non-hydrogen) atoms. The number of rotatable bonds is 4. The SMILES string of the molecule is CNC(=O)c1cc(S(=O)(=O)NC2CCCCNC2)cn1C.